The molecule has 0 aliphatic carbocycles. The number of aliphatic carboxylic acids is 2. The number of carboxylic acids is 2. The second kappa shape index (κ2) is 18.8. The third-order valence-electron chi connectivity index (χ3n) is 9.93. The van der Waals surface area contributed by atoms with Gasteiger partial charge in [0.1, 0.15) is 0 Å². The number of aryl methyl sites for hydroxylation is 2. The van der Waals surface area contributed by atoms with Gasteiger partial charge < -0.3 is 34.4 Å². The van der Waals surface area contributed by atoms with Gasteiger partial charge in [0.25, 0.3) is 0 Å². The maximum Gasteiger partial charge on any atom is 0.416 e. The number of para-hydroxylation sites is 1. The number of anilines is 2. The third-order valence-corrected chi connectivity index (χ3v) is 9.93. The molecular weight excluding hydrogens is 759 g/mol. The summed E-state index contributed by atoms with van der Waals surface area (Å²) in [6, 6.07) is 25.2. The summed E-state index contributed by atoms with van der Waals surface area (Å²) in [6.45, 7) is 8.07. The molecule has 0 radical (unpaired) electrons. The quantitative estimate of drug-likeness (QED) is 0.165. The summed E-state index contributed by atoms with van der Waals surface area (Å²) < 4.78 is 48.1. The summed E-state index contributed by atoms with van der Waals surface area (Å²) in [6.07, 6.45) is -7.46. The highest BCUT2D eigenvalue weighted by Crippen LogP contribution is 2.34. The van der Waals surface area contributed by atoms with Gasteiger partial charge in [-0.25, -0.2) is 19.2 Å². The van der Waals surface area contributed by atoms with Crippen LogP contribution < -0.4 is 9.80 Å². The number of rotatable bonds is 11. The molecule has 6 rings (SSSR count). The molecule has 0 spiro atoms. The number of carbonyl (C=O) groups excluding carboxylic acids is 3. The maximum absolute atomic E-state index is 13.0. The summed E-state index contributed by atoms with van der Waals surface area (Å²) in [5.74, 6) is -5.78. The van der Waals surface area contributed by atoms with Crippen molar-refractivity contribution in [2.75, 3.05) is 49.6 Å². The number of ether oxygens (including phenoxy) is 2. The van der Waals surface area contributed by atoms with Crippen LogP contribution in [0.5, 0.6) is 0 Å². The molecule has 0 saturated carbocycles. The van der Waals surface area contributed by atoms with Crippen LogP contribution in [0.25, 0.3) is 0 Å². The number of hydrogen-bond donors (Lipinski definition) is 2. The predicted octanol–water partition coefficient (Wildman–Crippen LogP) is 6.28. The van der Waals surface area contributed by atoms with Crippen LogP contribution in [-0.2, 0) is 36.5 Å². The highest BCUT2D eigenvalue weighted by Gasteiger charge is 2.41. The number of likely N-dealkylation sites (N-methyl/N-ethyl adjacent to an activating group) is 1. The van der Waals surface area contributed by atoms with E-state index in [-0.39, 0.29) is 23.0 Å². The SMILES string of the molecule is CN1CCN(c2ccccc2C[C@H]2CCN(c3ccc(C(F)(F)F)cc3)C2=O)CC1.Cc1ccc(C(=O)O[C@H](C(=O)O)[C@H](OC(=O)c2ccc(C)cc2)C(=O)O)cc1. The van der Waals surface area contributed by atoms with Crippen molar-refractivity contribution in [2.24, 2.45) is 5.92 Å². The van der Waals surface area contributed by atoms with E-state index >= 15 is 0 Å². The van der Waals surface area contributed by atoms with Crippen molar-refractivity contribution in [2.45, 2.75) is 45.1 Å². The van der Waals surface area contributed by atoms with E-state index in [0.717, 1.165) is 55.0 Å². The van der Waals surface area contributed by atoms with Gasteiger partial charge in [-0.1, -0.05) is 53.6 Å². The average Bonchev–Trinajstić information content (AvgIpc) is 3.55. The Hall–Kier alpha value is -6.22. The third kappa shape index (κ3) is 11.0. The molecule has 4 aromatic rings. The van der Waals surface area contributed by atoms with E-state index in [1.54, 1.807) is 43.0 Å². The number of halogens is 3. The monoisotopic (exact) mass is 803 g/mol. The molecule has 3 atom stereocenters. The molecule has 0 unspecified atom stereocenters. The summed E-state index contributed by atoms with van der Waals surface area (Å²) in [4.78, 5) is 66.6. The number of carbonyl (C=O) groups is 5. The number of hydrogen-bond acceptors (Lipinski definition) is 9. The molecule has 2 aliphatic heterocycles. The van der Waals surface area contributed by atoms with Crippen LogP contribution in [0.15, 0.2) is 97.1 Å². The molecule has 12 nitrogen and oxygen atoms in total. The van der Waals surface area contributed by atoms with Crippen LogP contribution in [0.3, 0.4) is 0 Å². The fourth-order valence-corrected chi connectivity index (χ4v) is 6.55. The summed E-state index contributed by atoms with van der Waals surface area (Å²) in [5.41, 5.74) is 3.97. The van der Waals surface area contributed by atoms with Gasteiger partial charge in [-0.15, -0.1) is 0 Å². The Kier molecular flexibility index (Phi) is 13.9. The highest BCUT2D eigenvalue weighted by atomic mass is 19.4. The molecule has 2 saturated heterocycles. The lowest BCUT2D eigenvalue weighted by Crippen LogP contribution is -2.45. The van der Waals surface area contributed by atoms with Crippen molar-refractivity contribution < 1.29 is 56.8 Å². The molecule has 1 amide bonds. The lowest BCUT2D eigenvalue weighted by atomic mass is 9.96. The molecule has 0 bridgehead atoms. The summed E-state index contributed by atoms with van der Waals surface area (Å²) >= 11 is 0. The summed E-state index contributed by atoms with van der Waals surface area (Å²) in [5, 5.41) is 18.6. The molecule has 58 heavy (non-hydrogen) atoms. The van der Waals surface area contributed by atoms with Gasteiger partial charge in [0.05, 0.1) is 16.7 Å². The Labute approximate surface area is 333 Å². The van der Waals surface area contributed by atoms with E-state index in [4.69, 9.17) is 9.47 Å². The van der Waals surface area contributed by atoms with E-state index in [1.165, 1.54) is 42.1 Å². The number of benzene rings is 4. The van der Waals surface area contributed by atoms with Gasteiger partial charge in [0.2, 0.25) is 18.1 Å². The largest absolute Gasteiger partial charge is 0.478 e. The predicted molar refractivity (Wildman–Crippen MR) is 208 cm³/mol. The molecule has 4 aromatic carbocycles. The average molecular weight is 804 g/mol. The minimum Gasteiger partial charge on any atom is -0.478 e. The number of piperazine rings is 1. The van der Waals surface area contributed by atoms with Crippen LogP contribution in [0.1, 0.15) is 49.4 Å². The van der Waals surface area contributed by atoms with E-state index < -0.39 is 47.8 Å². The molecule has 15 heteroatoms. The second-order valence-corrected chi connectivity index (χ2v) is 14.2. The number of esters is 2. The fraction of sp³-hybridized carbons (Fsp3) is 0.326. The van der Waals surface area contributed by atoms with Crippen molar-refractivity contribution in [1.29, 1.82) is 0 Å². The van der Waals surface area contributed by atoms with Crippen molar-refractivity contribution >= 4 is 41.2 Å². The molecule has 2 fully saturated rings. The highest BCUT2D eigenvalue weighted by molar-refractivity contribution is 5.97. The first-order valence-electron chi connectivity index (χ1n) is 18.5. The van der Waals surface area contributed by atoms with Crippen LogP contribution >= 0.6 is 0 Å². The van der Waals surface area contributed by atoms with Crippen molar-refractivity contribution in [3.63, 3.8) is 0 Å². The van der Waals surface area contributed by atoms with Crippen LogP contribution in [0.2, 0.25) is 0 Å². The van der Waals surface area contributed by atoms with Gasteiger partial charge in [-0.05, 0) is 93.9 Å². The van der Waals surface area contributed by atoms with E-state index in [1.807, 2.05) is 12.1 Å². The Balaban J connectivity index is 0.000000222. The van der Waals surface area contributed by atoms with Crippen molar-refractivity contribution in [3.8, 4) is 0 Å². The standard InChI is InChI=1S/C23H26F3N3O.C20H18O8/c1-27-12-14-28(15-13-27)21-5-3-2-4-17(21)16-18-10-11-29(22(18)30)20-8-6-19(7-9-20)23(24,25)26;1-11-3-7-13(8-4-11)19(25)27-15(17(21)22)16(18(23)24)28-20(26)14-9-5-12(2)6-10-14/h2-9,18H,10-16H2,1H3;3-10,15-16H,1-2H3,(H,21,22)(H,23,24)/t18-;15-,16-/m10/s1. The van der Waals surface area contributed by atoms with Crippen molar-refractivity contribution in [3.05, 3.63) is 130 Å². The smallest absolute Gasteiger partial charge is 0.416 e. The summed E-state index contributed by atoms with van der Waals surface area (Å²) in [7, 11) is 2.12. The molecule has 0 aromatic heterocycles. The first kappa shape index (κ1) is 42.9. The lowest BCUT2D eigenvalue weighted by molar-refractivity contribution is -0.166. The maximum atomic E-state index is 13.0. The molecule has 2 N–H and O–H groups in total. The zero-order valence-electron chi connectivity index (χ0n) is 32.1. The first-order chi connectivity index (χ1) is 27.5. The second-order valence-electron chi connectivity index (χ2n) is 14.2. The van der Waals surface area contributed by atoms with Gasteiger partial charge in [0.15, 0.2) is 0 Å². The number of carboxylic acid groups (broad SMARTS) is 2. The molecule has 2 aliphatic rings. The van der Waals surface area contributed by atoms with Gasteiger partial charge in [-0.2, -0.15) is 13.2 Å². The molecular formula is C43H44F3N3O9. The van der Waals surface area contributed by atoms with Crippen molar-refractivity contribution in [1.82, 2.24) is 4.90 Å². The van der Waals surface area contributed by atoms with E-state index in [0.29, 0.717) is 25.1 Å². The molecule has 2 heterocycles. The lowest BCUT2D eigenvalue weighted by Gasteiger charge is -2.35. The first-order valence-corrected chi connectivity index (χ1v) is 18.5. The zero-order valence-corrected chi connectivity index (χ0v) is 32.1. The van der Waals surface area contributed by atoms with Gasteiger partial charge >= 0.3 is 30.1 Å². The van der Waals surface area contributed by atoms with Gasteiger partial charge in [-0.3, -0.25) is 4.79 Å². The van der Waals surface area contributed by atoms with E-state index in [2.05, 4.69) is 29.0 Å². The van der Waals surface area contributed by atoms with Gasteiger partial charge in [0, 0.05) is 50.0 Å². The van der Waals surface area contributed by atoms with Crippen LogP contribution in [-0.4, -0.2) is 96.9 Å². The topological polar surface area (TPSA) is 154 Å². The van der Waals surface area contributed by atoms with Crippen LogP contribution in [0.4, 0.5) is 24.5 Å². The Morgan fingerprint density at radius 2 is 1.19 bits per heavy atom. The normalized spacial score (nSPS) is 16.8. The minimum atomic E-state index is -4.37. The Bertz CT molecular complexity index is 2010. The molecule has 306 valence electrons. The zero-order chi connectivity index (χ0) is 42.1. The Morgan fingerprint density at radius 1 is 0.707 bits per heavy atom. The minimum absolute atomic E-state index is 0.0112. The van der Waals surface area contributed by atoms with E-state index in [9.17, 15) is 47.4 Å². The number of amides is 1. The van der Waals surface area contributed by atoms with Crippen LogP contribution in [0, 0.1) is 19.8 Å². The number of nitrogens with zero attached hydrogens (tertiary/aromatic N) is 3. The Morgan fingerprint density at radius 3 is 1.66 bits per heavy atom. The number of alkyl halides is 3. The fourth-order valence-electron chi connectivity index (χ4n) is 6.55.